The molecular formula is C10H16N2O. The van der Waals surface area contributed by atoms with Gasteiger partial charge >= 0.3 is 0 Å². The summed E-state index contributed by atoms with van der Waals surface area (Å²) in [5.41, 5.74) is 1.18. The van der Waals surface area contributed by atoms with Gasteiger partial charge in [-0.2, -0.15) is 0 Å². The highest BCUT2D eigenvalue weighted by molar-refractivity contribution is 5.07. The lowest BCUT2D eigenvalue weighted by molar-refractivity contribution is 0.119. The van der Waals surface area contributed by atoms with Gasteiger partial charge in [0.25, 0.3) is 0 Å². The molecule has 1 rings (SSSR count). The van der Waals surface area contributed by atoms with E-state index in [1.165, 1.54) is 5.56 Å². The van der Waals surface area contributed by atoms with Crippen molar-refractivity contribution in [3.8, 4) is 0 Å². The Hall–Kier alpha value is -0.930. The Labute approximate surface area is 79.1 Å². The lowest BCUT2D eigenvalue weighted by atomic mass is 10.3. The maximum Gasteiger partial charge on any atom is 0.0717 e. The molecule has 0 fully saturated rings. The van der Waals surface area contributed by atoms with E-state index in [1.807, 2.05) is 19.2 Å². The molecule has 1 heterocycles. The molecule has 0 saturated carbocycles. The van der Waals surface area contributed by atoms with Crippen molar-refractivity contribution in [1.29, 1.82) is 0 Å². The maximum absolute atomic E-state index is 5.45. The zero-order valence-corrected chi connectivity index (χ0v) is 7.99. The van der Waals surface area contributed by atoms with E-state index in [2.05, 4.69) is 10.3 Å². The fraction of sp³-hybridized carbons (Fsp3) is 0.500. The third-order valence-corrected chi connectivity index (χ3v) is 1.73. The monoisotopic (exact) mass is 180 g/mol. The molecule has 1 N–H and O–H groups in total. The number of nitrogens with zero attached hydrogens (tertiary/aromatic N) is 1. The summed E-state index contributed by atoms with van der Waals surface area (Å²) in [6, 6.07) is 3.94. The topological polar surface area (TPSA) is 34.1 Å². The first-order valence-electron chi connectivity index (χ1n) is 4.54. The molecule has 1 aromatic heterocycles. The first-order chi connectivity index (χ1) is 6.43. The molecular weight excluding hydrogens is 164 g/mol. The molecule has 0 aromatic carbocycles. The molecule has 0 radical (unpaired) electrons. The number of ether oxygens (including phenoxy) is 1. The molecule has 3 nitrogen and oxygen atoms in total. The van der Waals surface area contributed by atoms with Crippen LogP contribution in [0.15, 0.2) is 24.5 Å². The number of rotatable bonds is 6. The number of aromatic nitrogens is 1. The average Bonchev–Trinajstić information content (AvgIpc) is 2.19. The maximum atomic E-state index is 5.45. The van der Waals surface area contributed by atoms with Crippen LogP contribution in [-0.2, 0) is 11.3 Å². The molecule has 0 saturated heterocycles. The molecule has 1 aromatic rings. The van der Waals surface area contributed by atoms with Crippen LogP contribution in [0.25, 0.3) is 0 Å². The second-order valence-electron chi connectivity index (χ2n) is 2.87. The zero-order valence-electron chi connectivity index (χ0n) is 7.99. The summed E-state index contributed by atoms with van der Waals surface area (Å²) in [6.07, 6.45) is 4.63. The Morgan fingerprint density at radius 1 is 1.38 bits per heavy atom. The summed E-state index contributed by atoms with van der Waals surface area (Å²) in [7, 11) is 1.95. The lowest BCUT2D eigenvalue weighted by Gasteiger charge is -2.03. The van der Waals surface area contributed by atoms with Gasteiger partial charge in [-0.15, -0.1) is 0 Å². The second-order valence-corrected chi connectivity index (χ2v) is 2.87. The highest BCUT2D eigenvalue weighted by Crippen LogP contribution is 1.98. The normalized spacial score (nSPS) is 10.2. The average molecular weight is 180 g/mol. The quantitative estimate of drug-likeness (QED) is 0.668. The van der Waals surface area contributed by atoms with Crippen LogP contribution in [0.1, 0.15) is 12.0 Å². The predicted molar refractivity (Wildman–Crippen MR) is 52.4 cm³/mol. The Morgan fingerprint density at radius 3 is 2.85 bits per heavy atom. The van der Waals surface area contributed by atoms with E-state index < -0.39 is 0 Å². The molecule has 3 heteroatoms. The van der Waals surface area contributed by atoms with Crippen LogP contribution in [0.3, 0.4) is 0 Å². The van der Waals surface area contributed by atoms with E-state index in [0.29, 0.717) is 6.61 Å². The molecule has 0 spiro atoms. The summed E-state index contributed by atoms with van der Waals surface area (Å²) in [4.78, 5) is 3.94. The number of pyridine rings is 1. The van der Waals surface area contributed by atoms with Crippen molar-refractivity contribution in [1.82, 2.24) is 10.3 Å². The van der Waals surface area contributed by atoms with Crippen LogP contribution >= 0.6 is 0 Å². The van der Waals surface area contributed by atoms with Gasteiger partial charge in [0.2, 0.25) is 0 Å². The molecule has 0 atom stereocenters. The lowest BCUT2D eigenvalue weighted by Crippen LogP contribution is -2.10. The van der Waals surface area contributed by atoms with E-state index in [0.717, 1.165) is 19.6 Å². The van der Waals surface area contributed by atoms with Crippen molar-refractivity contribution in [3.05, 3.63) is 30.1 Å². The minimum atomic E-state index is 0.687. The molecule has 0 amide bonds. The van der Waals surface area contributed by atoms with Crippen LogP contribution in [0.2, 0.25) is 0 Å². The fourth-order valence-electron chi connectivity index (χ4n) is 1.02. The predicted octanol–water partition coefficient (Wildman–Crippen LogP) is 1.21. The van der Waals surface area contributed by atoms with Crippen LogP contribution in [0.4, 0.5) is 0 Å². The minimum Gasteiger partial charge on any atom is -0.377 e. The van der Waals surface area contributed by atoms with Gasteiger partial charge in [0.15, 0.2) is 0 Å². The standard InChI is InChI=1S/C10H16N2O/c1-11-5-2-8-13-9-10-3-6-12-7-4-10/h3-4,6-7,11H,2,5,8-9H2,1H3. The number of nitrogens with one attached hydrogen (secondary N) is 1. The molecule has 0 bridgehead atoms. The van der Waals surface area contributed by atoms with E-state index in [-0.39, 0.29) is 0 Å². The molecule has 0 aliphatic carbocycles. The first kappa shape index (κ1) is 10.2. The summed E-state index contributed by atoms with van der Waals surface area (Å²) >= 11 is 0. The van der Waals surface area contributed by atoms with Crippen molar-refractivity contribution >= 4 is 0 Å². The van der Waals surface area contributed by atoms with E-state index in [4.69, 9.17) is 4.74 Å². The van der Waals surface area contributed by atoms with Crippen molar-refractivity contribution in [2.24, 2.45) is 0 Å². The molecule has 0 unspecified atom stereocenters. The highest BCUT2D eigenvalue weighted by Gasteiger charge is 1.91. The van der Waals surface area contributed by atoms with Crippen LogP contribution in [-0.4, -0.2) is 25.2 Å². The van der Waals surface area contributed by atoms with Crippen molar-refractivity contribution in [2.75, 3.05) is 20.2 Å². The van der Waals surface area contributed by atoms with Gasteiger partial charge in [-0.25, -0.2) is 0 Å². The van der Waals surface area contributed by atoms with E-state index in [1.54, 1.807) is 12.4 Å². The van der Waals surface area contributed by atoms with Crippen LogP contribution in [0.5, 0.6) is 0 Å². The Kier molecular flexibility index (Phi) is 5.13. The summed E-state index contributed by atoms with van der Waals surface area (Å²) < 4.78 is 5.45. The SMILES string of the molecule is CNCCCOCc1ccncc1. The molecule has 13 heavy (non-hydrogen) atoms. The third-order valence-electron chi connectivity index (χ3n) is 1.73. The van der Waals surface area contributed by atoms with E-state index in [9.17, 15) is 0 Å². The first-order valence-corrected chi connectivity index (χ1v) is 4.54. The van der Waals surface area contributed by atoms with Gasteiger partial charge in [-0.1, -0.05) is 0 Å². The van der Waals surface area contributed by atoms with Gasteiger partial charge in [-0.05, 0) is 37.7 Å². The summed E-state index contributed by atoms with van der Waals surface area (Å²) in [6.45, 7) is 2.51. The summed E-state index contributed by atoms with van der Waals surface area (Å²) in [5, 5.41) is 3.08. The van der Waals surface area contributed by atoms with Crippen LogP contribution < -0.4 is 5.32 Å². The van der Waals surface area contributed by atoms with Gasteiger partial charge in [0.05, 0.1) is 6.61 Å². The van der Waals surface area contributed by atoms with Crippen molar-refractivity contribution in [3.63, 3.8) is 0 Å². The summed E-state index contributed by atoms with van der Waals surface area (Å²) in [5.74, 6) is 0. The Morgan fingerprint density at radius 2 is 2.15 bits per heavy atom. The third kappa shape index (κ3) is 4.60. The minimum absolute atomic E-state index is 0.687. The van der Waals surface area contributed by atoms with Gasteiger partial charge in [-0.3, -0.25) is 4.98 Å². The Bertz CT molecular complexity index is 213. The highest BCUT2D eigenvalue weighted by atomic mass is 16.5. The fourth-order valence-corrected chi connectivity index (χ4v) is 1.02. The van der Waals surface area contributed by atoms with Gasteiger partial charge in [0.1, 0.15) is 0 Å². The molecule has 72 valence electrons. The number of hydrogen-bond donors (Lipinski definition) is 1. The van der Waals surface area contributed by atoms with Crippen LogP contribution in [0, 0.1) is 0 Å². The van der Waals surface area contributed by atoms with Gasteiger partial charge < -0.3 is 10.1 Å². The van der Waals surface area contributed by atoms with E-state index >= 15 is 0 Å². The zero-order chi connectivity index (χ0) is 9.36. The smallest absolute Gasteiger partial charge is 0.0717 e. The van der Waals surface area contributed by atoms with Crippen molar-refractivity contribution in [2.45, 2.75) is 13.0 Å². The molecule has 0 aliphatic heterocycles. The number of hydrogen-bond acceptors (Lipinski definition) is 3. The molecule has 0 aliphatic rings. The second kappa shape index (κ2) is 6.57. The Balaban J connectivity index is 2.07. The van der Waals surface area contributed by atoms with Crippen molar-refractivity contribution < 1.29 is 4.74 Å². The van der Waals surface area contributed by atoms with Gasteiger partial charge in [0, 0.05) is 19.0 Å². The largest absolute Gasteiger partial charge is 0.377 e.